The minimum Gasteiger partial charge on any atom is -0.479 e. The summed E-state index contributed by atoms with van der Waals surface area (Å²) in [5, 5.41) is 11.2. The third-order valence-corrected chi connectivity index (χ3v) is 7.84. The van der Waals surface area contributed by atoms with Crippen LogP contribution < -0.4 is 4.90 Å². The highest BCUT2D eigenvalue weighted by atomic mass is 35.5. The first-order valence-electron chi connectivity index (χ1n) is 12.2. The molecule has 1 aliphatic heterocycles. The number of benzene rings is 3. The van der Waals surface area contributed by atoms with E-state index >= 15 is 8.78 Å². The van der Waals surface area contributed by atoms with Crippen molar-refractivity contribution >= 4 is 44.3 Å². The molecule has 5 rings (SSSR count). The number of halogens is 3. The maximum absolute atomic E-state index is 15.1. The molecule has 1 aromatic heterocycles. The fourth-order valence-electron chi connectivity index (χ4n) is 4.90. The number of hydrogen-bond donors (Lipinski definition) is 1. The molecule has 0 aliphatic carbocycles. The van der Waals surface area contributed by atoms with Crippen molar-refractivity contribution in [1.82, 2.24) is 4.98 Å². The molecule has 5 nitrogen and oxygen atoms in total. The highest BCUT2D eigenvalue weighted by molar-refractivity contribution is 7.22. The van der Waals surface area contributed by atoms with Crippen LogP contribution in [0.3, 0.4) is 0 Å². The van der Waals surface area contributed by atoms with Gasteiger partial charge < -0.3 is 14.7 Å². The molecule has 0 saturated heterocycles. The number of ether oxygens (including phenoxy) is 1. The number of alkyl halides is 2. The molecule has 2 heterocycles. The summed E-state index contributed by atoms with van der Waals surface area (Å²) in [5.74, 6) is -4.14. The molecule has 9 heteroatoms. The normalized spacial score (nSPS) is 15.9. The van der Waals surface area contributed by atoms with Crippen molar-refractivity contribution in [2.45, 2.75) is 51.9 Å². The predicted molar refractivity (Wildman–Crippen MR) is 147 cm³/mol. The van der Waals surface area contributed by atoms with Gasteiger partial charge in [0.25, 0.3) is 5.92 Å². The maximum Gasteiger partial charge on any atom is 0.337 e. The summed E-state index contributed by atoms with van der Waals surface area (Å²) < 4.78 is 36.9. The van der Waals surface area contributed by atoms with Crippen LogP contribution >= 0.6 is 22.9 Å². The maximum atomic E-state index is 15.1. The lowest BCUT2D eigenvalue weighted by atomic mass is 9.91. The van der Waals surface area contributed by atoms with Gasteiger partial charge in [0.1, 0.15) is 0 Å². The predicted octanol–water partition coefficient (Wildman–Crippen LogP) is 7.98. The summed E-state index contributed by atoms with van der Waals surface area (Å²) in [4.78, 5) is 18.8. The minimum atomic E-state index is -3.03. The van der Waals surface area contributed by atoms with E-state index < -0.39 is 30.1 Å². The number of hydrogen-bond acceptors (Lipinski definition) is 5. The summed E-state index contributed by atoms with van der Waals surface area (Å²) in [6, 6.07) is 15.5. The van der Waals surface area contributed by atoms with Gasteiger partial charge in [0.15, 0.2) is 11.2 Å². The molecular weight excluding hydrogens is 530 g/mol. The molecule has 1 N–H and O–H groups in total. The Hall–Kier alpha value is -3.07. The Labute approximate surface area is 228 Å². The lowest BCUT2D eigenvalue weighted by Crippen LogP contribution is -2.40. The van der Waals surface area contributed by atoms with E-state index in [0.717, 1.165) is 5.56 Å². The Morgan fingerprint density at radius 3 is 2.53 bits per heavy atom. The van der Waals surface area contributed by atoms with Crippen LogP contribution in [0.1, 0.15) is 49.1 Å². The highest BCUT2D eigenvalue weighted by Gasteiger charge is 2.41. The fourth-order valence-corrected chi connectivity index (χ4v) is 6.15. The second kappa shape index (κ2) is 9.59. The van der Waals surface area contributed by atoms with Crippen molar-refractivity contribution in [1.29, 1.82) is 0 Å². The van der Waals surface area contributed by atoms with Gasteiger partial charge in [-0.05, 0) is 62.6 Å². The van der Waals surface area contributed by atoms with Gasteiger partial charge in [0, 0.05) is 28.3 Å². The summed E-state index contributed by atoms with van der Waals surface area (Å²) in [7, 11) is 0. The van der Waals surface area contributed by atoms with Crippen molar-refractivity contribution < 1.29 is 23.4 Å². The molecule has 0 amide bonds. The number of aliphatic carboxylic acids is 1. The van der Waals surface area contributed by atoms with Gasteiger partial charge in [-0.3, -0.25) is 0 Å². The summed E-state index contributed by atoms with van der Waals surface area (Å²) in [6.07, 6.45) is -1.25. The van der Waals surface area contributed by atoms with Crippen LogP contribution in [0.2, 0.25) is 5.02 Å². The van der Waals surface area contributed by atoms with Crippen LogP contribution in [0, 0.1) is 6.92 Å². The number of rotatable bonds is 5. The Morgan fingerprint density at radius 2 is 1.87 bits per heavy atom. The Kier molecular flexibility index (Phi) is 6.70. The number of fused-ring (bicyclic) bond motifs is 2. The van der Waals surface area contributed by atoms with Gasteiger partial charge in [-0.2, -0.15) is 8.78 Å². The van der Waals surface area contributed by atoms with E-state index in [4.69, 9.17) is 21.3 Å². The first-order chi connectivity index (χ1) is 17.8. The van der Waals surface area contributed by atoms with Gasteiger partial charge in [0.2, 0.25) is 0 Å². The lowest BCUT2D eigenvalue weighted by molar-refractivity contribution is -0.160. The molecule has 0 spiro atoms. The van der Waals surface area contributed by atoms with Gasteiger partial charge in [-0.1, -0.05) is 59.3 Å². The van der Waals surface area contributed by atoms with Crippen LogP contribution in [-0.4, -0.2) is 28.2 Å². The molecule has 1 aliphatic rings. The molecule has 0 radical (unpaired) electrons. The van der Waals surface area contributed by atoms with E-state index in [-0.39, 0.29) is 5.56 Å². The van der Waals surface area contributed by atoms with Crippen LogP contribution in [0.15, 0.2) is 54.6 Å². The standard InChI is InChI=1S/C29H27ClF2N2O3S/c1-16-13-21-25(38-27(33-21)34-14-18-7-5-6-8-20(18)29(31,32)15-34)23(17-9-11-19(30)12-10-17)22(16)24(26(35)36)37-28(2,3)4/h5-13,24H,14-15H2,1-4H3,(H,35,36). The zero-order chi connectivity index (χ0) is 27.4. The van der Waals surface area contributed by atoms with E-state index in [2.05, 4.69) is 0 Å². The topological polar surface area (TPSA) is 62.7 Å². The SMILES string of the molecule is Cc1cc2nc(N3Cc4ccccc4C(F)(F)C3)sc2c(-c2ccc(Cl)cc2)c1C(OC(C)(C)C)C(=O)O. The van der Waals surface area contributed by atoms with Crippen molar-refractivity contribution in [3.05, 3.63) is 81.9 Å². The molecule has 3 aromatic carbocycles. The Bertz CT molecular complexity index is 1530. The number of thiazole rings is 1. The number of aryl methyl sites for hydroxylation is 1. The summed E-state index contributed by atoms with van der Waals surface area (Å²) >= 11 is 7.43. The second-order valence-corrected chi connectivity index (χ2v) is 11.9. The Morgan fingerprint density at radius 1 is 1.18 bits per heavy atom. The van der Waals surface area contributed by atoms with Crippen LogP contribution in [-0.2, 0) is 22.0 Å². The molecule has 0 fully saturated rings. The van der Waals surface area contributed by atoms with E-state index in [0.29, 0.717) is 49.2 Å². The molecular formula is C29H27ClF2N2O3S. The number of carboxylic acids is 1. The number of anilines is 1. The van der Waals surface area contributed by atoms with E-state index in [1.54, 1.807) is 56.0 Å². The van der Waals surface area contributed by atoms with Crippen molar-refractivity contribution in [3.63, 3.8) is 0 Å². The quantitative estimate of drug-likeness (QED) is 0.270. The number of carbonyl (C=O) groups is 1. The molecule has 0 bridgehead atoms. The average molecular weight is 557 g/mol. The molecule has 0 saturated carbocycles. The summed E-state index contributed by atoms with van der Waals surface area (Å²) in [6.45, 7) is 7.05. The monoisotopic (exact) mass is 556 g/mol. The van der Waals surface area contributed by atoms with E-state index in [9.17, 15) is 9.90 Å². The third kappa shape index (κ3) is 5.00. The second-order valence-electron chi connectivity index (χ2n) is 10.5. The lowest BCUT2D eigenvalue weighted by Gasteiger charge is -2.34. The Balaban J connectivity index is 1.72. The molecule has 198 valence electrons. The van der Waals surface area contributed by atoms with Gasteiger partial charge in [-0.15, -0.1) is 0 Å². The van der Waals surface area contributed by atoms with Crippen LogP contribution in [0.25, 0.3) is 21.3 Å². The molecule has 1 unspecified atom stereocenters. The average Bonchev–Trinajstić information content (AvgIpc) is 3.25. The smallest absolute Gasteiger partial charge is 0.337 e. The minimum absolute atomic E-state index is 0.0426. The first kappa shape index (κ1) is 26.5. The number of aromatic nitrogens is 1. The van der Waals surface area contributed by atoms with Gasteiger partial charge in [0.05, 0.1) is 22.4 Å². The highest BCUT2D eigenvalue weighted by Crippen LogP contribution is 2.46. The first-order valence-corrected chi connectivity index (χ1v) is 13.4. The van der Waals surface area contributed by atoms with Crippen molar-refractivity contribution in [2.75, 3.05) is 11.4 Å². The van der Waals surface area contributed by atoms with Crippen LogP contribution in [0.5, 0.6) is 0 Å². The summed E-state index contributed by atoms with van der Waals surface area (Å²) in [5.41, 5.74) is 3.07. The number of nitrogens with zero attached hydrogens (tertiary/aromatic N) is 2. The third-order valence-electron chi connectivity index (χ3n) is 6.44. The number of carboxylic acid groups (broad SMARTS) is 1. The van der Waals surface area contributed by atoms with Gasteiger partial charge >= 0.3 is 5.97 Å². The fraction of sp³-hybridized carbons (Fsp3) is 0.310. The molecule has 38 heavy (non-hydrogen) atoms. The van der Waals surface area contributed by atoms with Crippen molar-refractivity contribution in [2.24, 2.45) is 0 Å². The largest absolute Gasteiger partial charge is 0.479 e. The van der Waals surface area contributed by atoms with Gasteiger partial charge in [-0.25, -0.2) is 9.78 Å². The molecule has 1 atom stereocenters. The van der Waals surface area contributed by atoms with E-state index in [1.807, 2.05) is 25.1 Å². The zero-order valence-corrected chi connectivity index (χ0v) is 23.0. The van der Waals surface area contributed by atoms with E-state index in [1.165, 1.54) is 17.4 Å². The molecule has 4 aromatic rings. The zero-order valence-electron chi connectivity index (χ0n) is 21.4. The van der Waals surface area contributed by atoms with Crippen molar-refractivity contribution in [3.8, 4) is 11.1 Å². The van der Waals surface area contributed by atoms with Crippen LogP contribution in [0.4, 0.5) is 13.9 Å².